The number of aryl methyl sites for hydroxylation is 1. The summed E-state index contributed by atoms with van der Waals surface area (Å²) in [6.07, 6.45) is 0. The molecule has 0 saturated carbocycles. The third-order valence-electron chi connectivity index (χ3n) is 6.03. The lowest BCUT2D eigenvalue weighted by Gasteiger charge is -2.33. The second-order valence-corrected chi connectivity index (χ2v) is 9.06. The van der Waals surface area contributed by atoms with Crippen molar-refractivity contribution in [1.82, 2.24) is 30.0 Å². The Labute approximate surface area is 197 Å². The van der Waals surface area contributed by atoms with Crippen LogP contribution in [0.3, 0.4) is 0 Å². The topological polar surface area (TPSA) is 98.0 Å². The van der Waals surface area contributed by atoms with E-state index in [1.807, 2.05) is 13.0 Å². The highest BCUT2D eigenvalue weighted by Gasteiger charge is 2.19. The third-order valence-corrected chi connectivity index (χ3v) is 6.03. The number of anilines is 3. The number of likely N-dealkylation sites (N-methyl/N-ethyl adjacent to an activating group) is 1. The molecule has 3 N–H and O–H groups in total. The molecular weight excluding hydrogens is 435 g/mol. The Bertz CT molecular complexity index is 1310. The lowest BCUT2D eigenvalue weighted by Crippen LogP contribution is -2.44. The van der Waals surface area contributed by atoms with Crippen molar-refractivity contribution in [3.63, 3.8) is 0 Å². The van der Waals surface area contributed by atoms with Crippen LogP contribution in [-0.4, -0.2) is 63.3 Å². The monoisotopic (exact) mass is 464 g/mol. The maximum Gasteiger partial charge on any atom is 0.233 e. The van der Waals surface area contributed by atoms with Gasteiger partial charge in [0, 0.05) is 60.6 Å². The predicted octanol–water partition coefficient (Wildman–Crippen LogP) is 4.54. The number of piperazine rings is 1. The van der Waals surface area contributed by atoms with Gasteiger partial charge < -0.3 is 24.8 Å². The minimum atomic E-state index is -0.426. The zero-order valence-corrected chi connectivity index (χ0v) is 19.8. The number of nitrogens with one attached hydrogen (secondary N) is 3. The van der Waals surface area contributed by atoms with Crippen LogP contribution in [0.25, 0.3) is 10.9 Å². The fourth-order valence-electron chi connectivity index (χ4n) is 4.01. The molecule has 1 fully saturated rings. The number of ether oxygens (including phenoxy) is 1. The molecule has 1 aliphatic heterocycles. The van der Waals surface area contributed by atoms with Gasteiger partial charge in [0.1, 0.15) is 5.82 Å². The van der Waals surface area contributed by atoms with Crippen molar-refractivity contribution in [2.45, 2.75) is 26.7 Å². The fraction of sp³-hybridized carbons (Fsp3) is 0.375. The molecule has 9 nitrogen and oxygen atoms in total. The van der Waals surface area contributed by atoms with Crippen molar-refractivity contribution in [1.29, 1.82) is 0 Å². The molecule has 4 aromatic rings. The van der Waals surface area contributed by atoms with Gasteiger partial charge in [-0.05, 0) is 38.1 Å². The summed E-state index contributed by atoms with van der Waals surface area (Å²) in [5.74, 6) is 1.94. The molecule has 0 aliphatic carbocycles. The number of nitrogens with zero attached hydrogens (tertiary/aromatic N) is 5. The van der Waals surface area contributed by atoms with Crippen molar-refractivity contribution >= 4 is 28.5 Å². The van der Waals surface area contributed by atoms with E-state index in [9.17, 15) is 0 Å². The average Bonchev–Trinajstić information content (AvgIpc) is 3.43. The van der Waals surface area contributed by atoms with Crippen LogP contribution in [0.5, 0.6) is 11.6 Å². The highest BCUT2D eigenvalue weighted by Crippen LogP contribution is 2.32. The normalized spacial score (nSPS) is 14.8. The van der Waals surface area contributed by atoms with Gasteiger partial charge in [0.2, 0.25) is 11.8 Å². The van der Waals surface area contributed by atoms with Gasteiger partial charge in [0.05, 0.1) is 0 Å². The molecule has 178 valence electrons. The van der Waals surface area contributed by atoms with E-state index in [0.717, 1.165) is 48.9 Å². The van der Waals surface area contributed by atoms with E-state index in [1.54, 1.807) is 24.3 Å². The van der Waals surface area contributed by atoms with Crippen LogP contribution < -0.4 is 15.0 Å². The van der Waals surface area contributed by atoms with Crippen molar-refractivity contribution in [3.8, 4) is 11.6 Å². The first-order valence-electron chi connectivity index (χ1n) is 11.5. The molecule has 3 aromatic heterocycles. The van der Waals surface area contributed by atoms with Gasteiger partial charge in [-0.3, -0.25) is 5.10 Å². The molecule has 5 rings (SSSR count). The maximum absolute atomic E-state index is 15.2. The third kappa shape index (κ3) is 4.54. The van der Waals surface area contributed by atoms with E-state index >= 15 is 4.39 Å². The molecule has 0 amide bonds. The number of aromatic nitrogens is 5. The van der Waals surface area contributed by atoms with Crippen LogP contribution in [0.4, 0.5) is 22.0 Å². The van der Waals surface area contributed by atoms with Crippen molar-refractivity contribution < 1.29 is 9.13 Å². The number of aromatic amines is 2. The number of halogens is 1. The number of hydrogen-bond acceptors (Lipinski definition) is 7. The minimum absolute atomic E-state index is 0.113. The van der Waals surface area contributed by atoms with Crippen molar-refractivity contribution in [2.24, 2.45) is 0 Å². The van der Waals surface area contributed by atoms with E-state index in [-0.39, 0.29) is 11.6 Å². The van der Waals surface area contributed by atoms with Gasteiger partial charge in [-0.25, -0.2) is 4.39 Å². The van der Waals surface area contributed by atoms with Gasteiger partial charge in [-0.2, -0.15) is 15.1 Å². The summed E-state index contributed by atoms with van der Waals surface area (Å²) in [6.45, 7) is 9.58. The van der Waals surface area contributed by atoms with Gasteiger partial charge in [0.25, 0.3) is 0 Å². The van der Waals surface area contributed by atoms with E-state index in [2.05, 4.69) is 56.2 Å². The molecule has 1 saturated heterocycles. The molecule has 1 aliphatic rings. The smallest absolute Gasteiger partial charge is 0.233 e. The van der Waals surface area contributed by atoms with Crippen molar-refractivity contribution in [3.05, 3.63) is 47.5 Å². The molecule has 0 bridgehead atoms. The van der Waals surface area contributed by atoms with Crippen LogP contribution >= 0.6 is 0 Å². The molecular formula is C24H29FN8O. The number of rotatable bonds is 6. The average molecular weight is 465 g/mol. The molecule has 1 aromatic carbocycles. The highest BCUT2D eigenvalue weighted by molar-refractivity contribution is 5.82. The van der Waals surface area contributed by atoms with E-state index in [0.29, 0.717) is 23.1 Å². The Kier molecular flexibility index (Phi) is 5.82. The first-order chi connectivity index (χ1) is 16.4. The maximum atomic E-state index is 15.2. The quantitative estimate of drug-likeness (QED) is 0.385. The largest absolute Gasteiger partial charge is 0.436 e. The van der Waals surface area contributed by atoms with Crippen LogP contribution in [0.1, 0.15) is 31.2 Å². The molecule has 4 heterocycles. The lowest BCUT2D eigenvalue weighted by molar-refractivity contribution is 0.312. The zero-order chi connectivity index (χ0) is 23.8. The Hall–Kier alpha value is -3.66. The second-order valence-electron chi connectivity index (χ2n) is 9.06. The molecule has 10 heteroatoms. The van der Waals surface area contributed by atoms with Crippen LogP contribution in [0.15, 0.2) is 30.3 Å². The van der Waals surface area contributed by atoms with Gasteiger partial charge >= 0.3 is 0 Å². The summed E-state index contributed by atoms with van der Waals surface area (Å²) >= 11 is 0. The van der Waals surface area contributed by atoms with Crippen LogP contribution in [0.2, 0.25) is 0 Å². The summed E-state index contributed by atoms with van der Waals surface area (Å²) in [4.78, 5) is 16.8. The Balaban J connectivity index is 1.48. The summed E-state index contributed by atoms with van der Waals surface area (Å²) in [6, 6.07) is 8.87. The summed E-state index contributed by atoms with van der Waals surface area (Å²) in [5.41, 5.74) is 2.62. The SMILES string of the molecule is Cc1cc2c(F)c(Oc3cc(N4CCN(C)CC4)nc(Nc4cc(C(C)C)[nH]n4)n3)ccc2[nH]1. The number of fused-ring (bicyclic) bond motifs is 1. The summed E-state index contributed by atoms with van der Waals surface area (Å²) < 4.78 is 21.1. The van der Waals surface area contributed by atoms with E-state index < -0.39 is 5.82 Å². The van der Waals surface area contributed by atoms with Gasteiger partial charge in [0.15, 0.2) is 17.4 Å². The zero-order valence-electron chi connectivity index (χ0n) is 19.8. The summed E-state index contributed by atoms with van der Waals surface area (Å²) in [5, 5.41) is 11.0. The molecule has 0 atom stereocenters. The van der Waals surface area contributed by atoms with Crippen LogP contribution in [0, 0.1) is 12.7 Å². The van der Waals surface area contributed by atoms with Gasteiger partial charge in [-0.1, -0.05) is 13.8 Å². The van der Waals surface area contributed by atoms with E-state index in [4.69, 9.17) is 9.72 Å². The Morgan fingerprint density at radius 3 is 2.62 bits per heavy atom. The summed E-state index contributed by atoms with van der Waals surface area (Å²) in [7, 11) is 2.10. The van der Waals surface area contributed by atoms with Gasteiger partial charge in [-0.15, -0.1) is 0 Å². The second kappa shape index (κ2) is 8.94. The first kappa shape index (κ1) is 22.1. The van der Waals surface area contributed by atoms with Crippen LogP contribution in [-0.2, 0) is 0 Å². The molecule has 0 spiro atoms. The minimum Gasteiger partial charge on any atom is -0.436 e. The number of benzene rings is 1. The van der Waals surface area contributed by atoms with E-state index in [1.165, 1.54) is 0 Å². The molecule has 34 heavy (non-hydrogen) atoms. The fourth-order valence-corrected chi connectivity index (χ4v) is 4.01. The predicted molar refractivity (Wildman–Crippen MR) is 131 cm³/mol. The number of hydrogen-bond donors (Lipinski definition) is 3. The highest BCUT2D eigenvalue weighted by atomic mass is 19.1. The number of H-pyrrole nitrogens is 2. The lowest BCUT2D eigenvalue weighted by atomic mass is 10.1. The standard InChI is InChI=1S/C24H29FN8O/c1-14(2)18-12-20(31-30-18)27-24-28-21(33-9-7-32(4)8-10-33)13-22(29-24)34-19-6-5-17-16(23(19)25)11-15(3)26-17/h5-6,11-14,26H,7-10H2,1-4H3,(H2,27,28,29,30,31). The first-order valence-corrected chi connectivity index (χ1v) is 11.5. The molecule has 0 unspecified atom stereocenters. The molecule has 0 radical (unpaired) electrons. The Morgan fingerprint density at radius 1 is 1.09 bits per heavy atom. The Morgan fingerprint density at radius 2 is 1.88 bits per heavy atom. The van der Waals surface area contributed by atoms with Crippen molar-refractivity contribution in [2.75, 3.05) is 43.4 Å².